The zero-order valence-electron chi connectivity index (χ0n) is 11.3. The highest BCUT2D eigenvalue weighted by atomic mass is 19.1. The Kier molecular flexibility index (Phi) is 3.35. The van der Waals surface area contributed by atoms with E-state index in [4.69, 9.17) is 4.74 Å². The van der Waals surface area contributed by atoms with Crippen LogP contribution < -0.4 is 0 Å². The molecule has 0 aliphatic heterocycles. The van der Waals surface area contributed by atoms with E-state index < -0.39 is 11.8 Å². The van der Waals surface area contributed by atoms with Gasteiger partial charge in [0.2, 0.25) is 0 Å². The summed E-state index contributed by atoms with van der Waals surface area (Å²) in [5, 5.41) is 11.2. The van der Waals surface area contributed by atoms with Gasteiger partial charge in [0, 0.05) is 10.9 Å². The molecule has 0 bridgehead atoms. The Morgan fingerprint density at radius 2 is 2.05 bits per heavy atom. The molecule has 21 heavy (non-hydrogen) atoms. The van der Waals surface area contributed by atoms with Gasteiger partial charge in [0.05, 0.1) is 6.61 Å². The molecular formula is C15H12FN3O2. The second-order valence-electron chi connectivity index (χ2n) is 4.39. The summed E-state index contributed by atoms with van der Waals surface area (Å²) in [6, 6.07) is 10.4. The molecule has 1 N–H and O–H groups in total. The van der Waals surface area contributed by atoms with Crippen LogP contribution in [0.5, 0.6) is 0 Å². The van der Waals surface area contributed by atoms with Crippen LogP contribution in [0.15, 0.2) is 36.4 Å². The molecule has 0 radical (unpaired) electrons. The maximum Gasteiger partial charge on any atom is 0.361 e. The number of aromatic nitrogens is 3. The third-order valence-corrected chi connectivity index (χ3v) is 3.14. The number of aromatic amines is 1. The van der Waals surface area contributed by atoms with Crippen LogP contribution in [0.3, 0.4) is 0 Å². The lowest BCUT2D eigenvalue weighted by atomic mass is 10.0. The minimum absolute atomic E-state index is 0.0222. The van der Waals surface area contributed by atoms with E-state index in [9.17, 15) is 9.18 Å². The van der Waals surface area contributed by atoms with E-state index in [-0.39, 0.29) is 23.6 Å². The van der Waals surface area contributed by atoms with Crippen molar-refractivity contribution in [3.05, 3.63) is 47.9 Å². The first-order valence-electron chi connectivity index (χ1n) is 6.48. The van der Waals surface area contributed by atoms with Gasteiger partial charge in [-0.05, 0) is 18.4 Å². The number of nitrogens with zero attached hydrogens (tertiary/aromatic N) is 2. The highest BCUT2D eigenvalue weighted by Crippen LogP contribution is 2.29. The van der Waals surface area contributed by atoms with Crippen molar-refractivity contribution in [3.63, 3.8) is 0 Å². The van der Waals surface area contributed by atoms with Crippen LogP contribution in [0.1, 0.15) is 17.4 Å². The minimum atomic E-state index is -0.631. The molecule has 3 aromatic rings. The van der Waals surface area contributed by atoms with Crippen molar-refractivity contribution in [1.82, 2.24) is 15.4 Å². The average molecular weight is 285 g/mol. The zero-order valence-corrected chi connectivity index (χ0v) is 11.3. The number of fused-ring (bicyclic) bond motifs is 1. The van der Waals surface area contributed by atoms with Crippen LogP contribution in [0.4, 0.5) is 4.39 Å². The molecule has 0 fully saturated rings. The molecule has 5 nitrogen and oxygen atoms in total. The first kappa shape index (κ1) is 13.2. The second-order valence-corrected chi connectivity index (χ2v) is 4.39. The fourth-order valence-corrected chi connectivity index (χ4v) is 2.18. The summed E-state index contributed by atoms with van der Waals surface area (Å²) < 4.78 is 19.5. The summed E-state index contributed by atoms with van der Waals surface area (Å²) >= 11 is 0. The summed E-state index contributed by atoms with van der Waals surface area (Å²) in [6.07, 6.45) is 0. The van der Waals surface area contributed by atoms with E-state index in [1.807, 2.05) is 12.1 Å². The number of H-pyrrole nitrogens is 1. The molecule has 0 saturated heterocycles. The molecular weight excluding hydrogens is 273 g/mol. The summed E-state index contributed by atoms with van der Waals surface area (Å²) in [5.74, 6) is -1.07. The monoisotopic (exact) mass is 285 g/mol. The molecule has 0 aliphatic rings. The van der Waals surface area contributed by atoms with Crippen LogP contribution in [-0.2, 0) is 4.74 Å². The molecule has 106 valence electrons. The number of esters is 1. The number of hydrogen-bond acceptors (Lipinski definition) is 4. The van der Waals surface area contributed by atoms with Gasteiger partial charge in [-0.2, -0.15) is 10.3 Å². The number of benzene rings is 2. The van der Waals surface area contributed by atoms with Gasteiger partial charge in [-0.1, -0.05) is 30.3 Å². The summed E-state index contributed by atoms with van der Waals surface area (Å²) in [6.45, 7) is 1.90. The molecule has 0 saturated carbocycles. The van der Waals surface area contributed by atoms with Crippen molar-refractivity contribution < 1.29 is 13.9 Å². The van der Waals surface area contributed by atoms with E-state index in [1.165, 1.54) is 0 Å². The van der Waals surface area contributed by atoms with Gasteiger partial charge in [-0.25, -0.2) is 9.18 Å². The summed E-state index contributed by atoms with van der Waals surface area (Å²) in [7, 11) is 0. The van der Waals surface area contributed by atoms with Gasteiger partial charge in [0.1, 0.15) is 11.5 Å². The Morgan fingerprint density at radius 3 is 2.86 bits per heavy atom. The van der Waals surface area contributed by atoms with Crippen LogP contribution in [0.2, 0.25) is 0 Å². The fourth-order valence-electron chi connectivity index (χ4n) is 2.18. The molecule has 1 aromatic heterocycles. The van der Waals surface area contributed by atoms with Crippen molar-refractivity contribution in [1.29, 1.82) is 0 Å². The number of hydrogen-bond donors (Lipinski definition) is 1. The number of carbonyl (C=O) groups excluding carboxylic acids is 1. The SMILES string of the molecule is CCOC(=O)c1n[nH]nc1-c1ccc2ccccc2c1F. The standard InChI is InChI=1S/C15H12FN3O2/c1-2-21-15(20)14-13(17-19-18-14)11-8-7-9-5-3-4-6-10(9)12(11)16/h3-8H,2H2,1H3,(H,17,18,19). The number of halogens is 1. The number of carbonyl (C=O) groups is 1. The fraction of sp³-hybridized carbons (Fsp3) is 0.133. The van der Waals surface area contributed by atoms with Crippen LogP contribution in [0, 0.1) is 5.82 Å². The molecule has 1 heterocycles. The largest absolute Gasteiger partial charge is 0.461 e. The van der Waals surface area contributed by atoms with E-state index in [2.05, 4.69) is 15.4 Å². The highest BCUT2D eigenvalue weighted by Gasteiger charge is 2.22. The van der Waals surface area contributed by atoms with Crippen LogP contribution in [0.25, 0.3) is 22.0 Å². The molecule has 0 amide bonds. The van der Waals surface area contributed by atoms with E-state index in [0.29, 0.717) is 5.39 Å². The lowest BCUT2D eigenvalue weighted by molar-refractivity contribution is 0.0520. The van der Waals surface area contributed by atoms with Gasteiger partial charge in [-0.3, -0.25) is 0 Å². The van der Waals surface area contributed by atoms with Gasteiger partial charge < -0.3 is 4.74 Å². The van der Waals surface area contributed by atoms with Crippen molar-refractivity contribution in [2.45, 2.75) is 6.92 Å². The van der Waals surface area contributed by atoms with E-state index >= 15 is 0 Å². The lowest BCUT2D eigenvalue weighted by Gasteiger charge is -2.05. The smallest absolute Gasteiger partial charge is 0.361 e. The number of nitrogens with one attached hydrogen (secondary N) is 1. The molecule has 0 aliphatic carbocycles. The van der Waals surface area contributed by atoms with Gasteiger partial charge >= 0.3 is 5.97 Å². The zero-order chi connectivity index (χ0) is 14.8. The molecule has 6 heteroatoms. The van der Waals surface area contributed by atoms with Gasteiger partial charge in [0.15, 0.2) is 5.69 Å². The predicted molar refractivity (Wildman–Crippen MR) is 75.2 cm³/mol. The third-order valence-electron chi connectivity index (χ3n) is 3.14. The van der Waals surface area contributed by atoms with Crippen molar-refractivity contribution >= 4 is 16.7 Å². The first-order valence-corrected chi connectivity index (χ1v) is 6.48. The summed E-state index contributed by atoms with van der Waals surface area (Å²) in [4.78, 5) is 11.8. The number of rotatable bonds is 3. The van der Waals surface area contributed by atoms with Crippen molar-refractivity contribution in [2.75, 3.05) is 6.61 Å². The number of ether oxygens (including phenoxy) is 1. The Labute approximate surface area is 119 Å². The molecule has 0 spiro atoms. The van der Waals surface area contributed by atoms with E-state index in [1.54, 1.807) is 31.2 Å². The Bertz CT molecular complexity index is 814. The Morgan fingerprint density at radius 1 is 1.24 bits per heavy atom. The van der Waals surface area contributed by atoms with Crippen LogP contribution >= 0.6 is 0 Å². The van der Waals surface area contributed by atoms with E-state index in [0.717, 1.165) is 5.39 Å². The normalized spacial score (nSPS) is 10.8. The third kappa shape index (κ3) is 2.24. The maximum atomic E-state index is 14.6. The summed E-state index contributed by atoms with van der Waals surface area (Å²) in [5.41, 5.74) is 0.341. The topological polar surface area (TPSA) is 67.9 Å². The molecule has 0 atom stereocenters. The van der Waals surface area contributed by atoms with Gasteiger partial charge in [0.25, 0.3) is 0 Å². The van der Waals surface area contributed by atoms with Crippen molar-refractivity contribution in [2.24, 2.45) is 0 Å². The Hall–Kier alpha value is -2.76. The molecule has 0 unspecified atom stereocenters. The molecule has 3 rings (SSSR count). The first-order chi connectivity index (χ1) is 10.2. The lowest BCUT2D eigenvalue weighted by Crippen LogP contribution is -2.07. The van der Waals surface area contributed by atoms with Crippen molar-refractivity contribution in [3.8, 4) is 11.3 Å². The average Bonchev–Trinajstić information content (AvgIpc) is 2.97. The van der Waals surface area contributed by atoms with Crippen LogP contribution in [-0.4, -0.2) is 28.0 Å². The van der Waals surface area contributed by atoms with Gasteiger partial charge in [-0.15, -0.1) is 5.10 Å². The predicted octanol–water partition coefficient (Wildman–Crippen LogP) is 2.94. The highest BCUT2D eigenvalue weighted by molar-refractivity contribution is 5.96. The second kappa shape index (κ2) is 5.32. The molecule has 2 aromatic carbocycles. The quantitative estimate of drug-likeness (QED) is 0.751. The maximum absolute atomic E-state index is 14.6. The minimum Gasteiger partial charge on any atom is -0.461 e. The Balaban J connectivity index is 2.16.